The molecule has 0 amide bonds. The van der Waals surface area contributed by atoms with E-state index in [-0.39, 0.29) is 6.10 Å². The third-order valence-corrected chi connectivity index (χ3v) is 6.26. The Morgan fingerprint density at radius 3 is 2.03 bits per heavy atom. The molecule has 8 nitrogen and oxygen atoms in total. The Hall–Kier alpha value is -2.99. The van der Waals surface area contributed by atoms with Crippen LogP contribution in [0.1, 0.15) is 37.8 Å². The van der Waals surface area contributed by atoms with Crippen molar-refractivity contribution in [2.45, 2.75) is 50.9 Å². The lowest BCUT2D eigenvalue weighted by Crippen LogP contribution is -2.42. The summed E-state index contributed by atoms with van der Waals surface area (Å²) in [6, 6.07) is 13.6. The second-order valence-electron chi connectivity index (χ2n) is 9.04. The molecule has 2 atom stereocenters. The highest BCUT2D eigenvalue weighted by Gasteiger charge is 2.42. The van der Waals surface area contributed by atoms with E-state index >= 15 is 0 Å². The average Bonchev–Trinajstić information content (AvgIpc) is 2.88. The van der Waals surface area contributed by atoms with Gasteiger partial charge in [0.2, 0.25) is 0 Å². The summed E-state index contributed by atoms with van der Waals surface area (Å²) >= 11 is 0. The molecule has 2 aromatic carbocycles. The van der Waals surface area contributed by atoms with Crippen molar-refractivity contribution in [2.24, 2.45) is 0 Å². The lowest BCUT2D eigenvalue weighted by atomic mass is 9.77. The first-order valence-corrected chi connectivity index (χ1v) is 12.1. The van der Waals surface area contributed by atoms with Gasteiger partial charge >= 0.3 is 0 Å². The van der Waals surface area contributed by atoms with Crippen LogP contribution in [0.2, 0.25) is 0 Å². The van der Waals surface area contributed by atoms with Crippen molar-refractivity contribution in [3.05, 3.63) is 47.5 Å². The maximum Gasteiger partial charge on any atom is 0.177 e. The number of ether oxygens (including phenoxy) is 5. The van der Waals surface area contributed by atoms with Crippen LogP contribution in [0.4, 0.5) is 0 Å². The number of nitriles is 1. The van der Waals surface area contributed by atoms with Crippen LogP contribution in [0.25, 0.3) is 0 Å². The minimum atomic E-state index is -1.29. The van der Waals surface area contributed by atoms with Gasteiger partial charge in [-0.1, -0.05) is 12.1 Å². The first-order valence-electron chi connectivity index (χ1n) is 12.1. The summed E-state index contributed by atoms with van der Waals surface area (Å²) in [6.07, 6.45) is 0.403. The lowest BCUT2D eigenvalue weighted by molar-refractivity contribution is -0.157. The highest BCUT2D eigenvalue weighted by atomic mass is 16.6. The summed E-state index contributed by atoms with van der Waals surface area (Å²) in [5.41, 5.74) is 0.523. The summed E-state index contributed by atoms with van der Waals surface area (Å²) in [5.74, 6) is 2.48. The van der Waals surface area contributed by atoms with Crippen molar-refractivity contribution in [2.75, 3.05) is 48.6 Å². The fourth-order valence-corrected chi connectivity index (χ4v) is 4.17. The minimum Gasteiger partial charge on any atom is -0.493 e. The Labute approximate surface area is 215 Å². The maximum atomic E-state index is 11.0. The van der Waals surface area contributed by atoms with Crippen LogP contribution in [-0.4, -0.2) is 71.0 Å². The molecule has 0 heterocycles. The normalized spacial score (nSPS) is 13.7. The highest BCUT2D eigenvalue weighted by molar-refractivity contribution is 5.47. The molecule has 0 saturated carbocycles. The molecule has 198 valence electrons. The summed E-state index contributed by atoms with van der Waals surface area (Å²) in [4.78, 5) is 2.21. The summed E-state index contributed by atoms with van der Waals surface area (Å²) < 4.78 is 27.2. The molecule has 8 heteroatoms. The van der Waals surface area contributed by atoms with Crippen LogP contribution in [0.5, 0.6) is 23.0 Å². The SMILES string of the molecule is COc1ccc(CCN(C)CCCC(C#N)(c2ccc(OC)c(OC)c2)C(O)OC(C)C)cc1OC. The van der Waals surface area contributed by atoms with Crippen LogP contribution < -0.4 is 18.9 Å². The van der Waals surface area contributed by atoms with Crippen molar-refractivity contribution < 1.29 is 28.8 Å². The van der Waals surface area contributed by atoms with Crippen molar-refractivity contribution in [3.8, 4) is 29.1 Å². The van der Waals surface area contributed by atoms with Gasteiger partial charge in [0.25, 0.3) is 0 Å². The number of aliphatic hydroxyl groups excluding tert-OH is 1. The van der Waals surface area contributed by atoms with Gasteiger partial charge in [-0.2, -0.15) is 5.26 Å². The fourth-order valence-electron chi connectivity index (χ4n) is 4.17. The molecule has 0 radical (unpaired) electrons. The highest BCUT2D eigenvalue weighted by Crippen LogP contribution is 2.39. The van der Waals surface area contributed by atoms with Crippen molar-refractivity contribution >= 4 is 0 Å². The van der Waals surface area contributed by atoms with Gasteiger partial charge in [0.15, 0.2) is 29.3 Å². The molecule has 0 bridgehead atoms. The molecule has 0 aromatic heterocycles. The van der Waals surface area contributed by atoms with E-state index < -0.39 is 11.7 Å². The topological polar surface area (TPSA) is 93.4 Å². The third-order valence-electron chi connectivity index (χ3n) is 6.26. The number of hydrogen-bond donors (Lipinski definition) is 1. The van der Waals surface area contributed by atoms with Crippen LogP contribution in [0.3, 0.4) is 0 Å². The standard InChI is InChI=1S/C28H40N2O6/c1-20(2)36-27(31)28(19-29,22-10-12-24(33-5)26(18-22)35-7)14-8-15-30(3)16-13-21-9-11-23(32-4)25(17-21)34-6/h9-12,17-18,20,27,31H,8,13-16H2,1-7H3. The van der Waals surface area contributed by atoms with Gasteiger partial charge < -0.3 is 33.7 Å². The van der Waals surface area contributed by atoms with E-state index in [4.69, 9.17) is 23.7 Å². The average molecular weight is 501 g/mol. The number of aliphatic hydroxyl groups is 1. The quantitative estimate of drug-likeness (QED) is 0.364. The smallest absolute Gasteiger partial charge is 0.177 e. The number of methoxy groups -OCH3 is 4. The van der Waals surface area contributed by atoms with Gasteiger partial charge in [-0.05, 0) is 82.1 Å². The molecule has 2 unspecified atom stereocenters. The second-order valence-corrected chi connectivity index (χ2v) is 9.04. The first kappa shape index (κ1) is 29.2. The Kier molecular flexibility index (Phi) is 11.3. The van der Waals surface area contributed by atoms with E-state index in [1.807, 2.05) is 39.1 Å². The molecule has 0 fully saturated rings. The van der Waals surface area contributed by atoms with E-state index in [1.54, 1.807) is 46.6 Å². The number of likely N-dealkylation sites (N-methyl/N-ethyl adjacent to an activating group) is 1. The molecule has 0 aliphatic heterocycles. The number of rotatable bonds is 15. The molecule has 1 N–H and O–H groups in total. The van der Waals surface area contributed by atoms with Crippen LogP contribution in [-0.2, 0) is 16.6 Å². The predicted octanol–water partition coefficient (Wildman–Crippen LogP) is 4.18. The van der Waals surface area contributed by atoms with E-state index in [0.29, 0.717) is 41.4 Å². The predicted molar refractivity (Wildman–Crippen MR) is 139 cm³/mol. The zero-order chi connectivity index (χ0) is 26.7. The van der Waals surface area contributed by atoms with Crippen molar-refractivity contribution in [3.63, 3.8) is 0 Å². The van der Waals surface area contributed by atoms with Gasteiger partial charge in [0.05, 0.1) is 40.6 Å². The summed E-state index contributed by atoms with van der Waals surface area (Å²) in [7, 11) is 8.41. The monoisotopic (exact) mass is 500 g/mol. The van der Waals surface area contributed by atoms with Gasteiger partial charge in [-0.15, -0.1) is 0 Å². The summed E-state index contributed by atoms with van der Waals surface area (Å²) in [6.45, 7) is 5.25. The molecular formula is C28H40N2O6. The number of hydrogen-bond acceptors (Lipinski definition) is 8. The zero-order valence-corrected chi connectivity index (χ0v) is 22.5. The van der Waals surface area contributed by atoms with Gasteiger partial charge in [0.1, 0.15) is 5.41 Å². The zero-order valence-electron chi connectivity index (χ0n) is 22.5. The molecule has 2 rings (SSSR count). The molecule has 0 saturated heterocycles. The molecule has 0 aliphatic carbocycles. The molecular weight excluding hydrogens is 460 g/mol. The van der Waals surface area contributed by atoms with Crippen molar-refractivity contribution in [1.29, 1.82) is 5.26 Å². The van der Waals surface area contributed by atoms with Crippen LogP contribution in [0.15, 0.2) is 36.4 Å². The fraction of sp³-hybridized carbons (Fsp3) is 0.536. The molecule has 2 aromatic rings. The minimum absolute atomic E-state index is 0.239. The number of nitrogens with zero attached hydrogens (tertiary/aromatic N) is 2. The van der Waals surface area contributed by atoms with Crippen molar-refractivity contribution in [1.82, 2.24) is 4.90 Å². The molecule has 0 spiro atoms. The van der Waals surface area contributed by atoms with Crippen LogP contribution >= 0.6 is 0 Å². The Morgan fingerprint density at radius 2 is 1.47 bits per heavy atom. The lowest BCUT2D eigenvalue weighted by Gasteiger charge is -2.34. The van der Waals surface area contributed by atoms with E-state index in [2.05, 4.69) is 11.0 Å². The summed E-state index contributed by atoms with van der Waals surface area (Å²) in [5, 5.41) is 21.3. The van der Waals surface area contributed by atoms with Gasteiger partial charge in [0, 0.05) is 6.54 Å². The number of benzene rings is 2. The largest absolute Gasteiger partial charge is 0.493 e. The molecule has 36 heavy (non-hydrogen) atoms. The molecule has 0 aliphatic rings. The van der Waals surface area contributed by atoms with Gasteiger partial charge in [-0.3, -0.25) is 0 Å². The Bertz CT molecular complexity index is 1010. The Morgan fingerprint density at radius 1 is 0.889 bits per heavy atom. The Balaban J connectivity index is 2.13. The third kappa shape index (κ3) is 7.26. The van der Waals surface area contributed by atoms with E-state index in [1.165, 1.54) is 0 Å². The van der Waals surface area contributed by atoms with Gasteiger partial charge in [-0.25, -0.2) is 0 Å². The van der Waals surface area contributed by atoms with E-state index in [0.717, 1.165) is 25.1 Å². The maximum absolute atomic E-state index is 11.0. The second kappa shape index (κ2) is 13.9. The van der Waals surface area contributed by atoms with Crippen LogP contribution in [0, 0.1) is 11.3 Å². The first-order chi connectivity index (χ1) is 17.2. The van der Waals surface area contributed by atoms with E-state index in [9.17, 15) is 10.4 Å².